The molecule has 0 unspecified atom stereocenters. The third kappa shape index (κ3) is 3.17. The van der Waals surface area contributed by atoms with E-state index in [2.05, 4.69) is 37.8 Å². The molecule has 0 radical (unpaired) electrons. The zero-order valence-corrected chi connectivity index (χ0v) is 9.09. The number of rotatable bonds is 2. The molecule has 1 rings (SSSR count). The van der Waals surface area contributed by atoms with Gasteiger partial charge in [0.15, 0.2) is 5.82 Å². The molecule has 0 amide bonds. The van der Waals surface area contributed by atoms with Gasteiger partial charge in [-0.15, -0.1) is 0 Å². The van der Waals surface area contributed by atoms with E-state index in [1.165, 1.54) is 0 Å². The predicted octanol–water partition coefficient (Wildman–Crippen LogP) is 2.92. The number of hydrogen-bond donors (Lipinski definition) is 0. The van der Waals surface area contributed by atoms with E-state index in [-0.39, 0.29) is 0 Å². The monoisotopic (exact) mass is 182 g/mol. The fraction of sp³-hybridized carbons (Fsp3) is 0.800. The van der Waals surface area contributed by atoms with Gasteiger partial charge in [0, 0.05) is 5.92 Å². The van der Waals surface area contributed by atoms with Gasteiger partial charge in [0.1, 0.15) is 0 Å². The quantitative estimate of drug-likeness (QED) is 0.706. The predicted molar refractivity (Wildman–Crippen MR) is 51.5 cm³/mol. The Hall–Kier alpha value is -0.860. The van der Waals surface area contributed by atoms with Crippen LogP contribution in [0.1, 0.15) is 51.7 Å². The molecule has 0 saturated heterocycles. The zero-order valence-electron chi connectivity index (χ0n) is 9.09. The first-order valence-corrected chi connectivity index (χ1v) is 4.69. The van der Waals surface area contributed by atoms with Crippen molar-refractivity contribution in [1.29, 1.82) is 0 Å². The lowest BCUT2D eigenvalue weighted by Crippen LogP contribution is -2.10. The summed E-state index contributed by atoms with van der Waals surface area (Å²) in [4.78, 5) is 4.22. The first-order chi connectivity index (χ1) is 5.88. The summed E-state index contributed by atoms with van der Waals surface area (Å²) in [6, 6.07) is 0. The summed E-state index contributed by atoms with van der Waals surface area (Å²) in [5.74, 6) is 1.82. The van der Waals surface area contributed by atoms with E-state index in [1.807, 2.05) is 6.92 Å². The van der Waals surface area contributed by atoms with Crippen LogP contribution in [0.4, 0.5) is 0 Å². The van der Waals surface area contributed by atoms with Crippen molar-refractivity contribution >= 4 is 0 Å². The lowest BCUT2D eigenvalue weighted by Gasteiger charge is -2.20. The van der Waals surface area contributed by atoms with E-state index in [9.17, 15) is 0 Å². The SMILES string of the molecule is Cc1noc([C@@H](C)CC(C)(C)C)n1. The minimum atomic E-state index is 0.307. The Labute approximate surface area is 79.5 Å². The number of nitrogens with zero attached hydrogens (tertiary/aromatic N) is 2. The lowest BCUT2D eigenvalue weighted by atomic mass is 9.85. The molecule has 3 nitrogen and oxygen atoms in total. The Kier molecular flexibility index (Phi) is 2.74. The second-order valence-electron chi connectivity index (χ2n) is 4.85. The highest BCUT2D eigenvalue weighted by molar-refractivity contribution is 4.92. The molecule has 0 aromatic carbocycles. The van der Waals surface area contributed by atoms with Gasteiger partial charge in [-0.1, -0.05) is 32.9 Å². The maximum atomic E-state index is 5.11. The summed E-state index contributed by atoms with van der Waals surface area (Å²) in [6.45, 7) is 10.6. The van der Waals surface area contributed by atoms with Gasteiger partial charge in [0.25, 0.3) is 0 Å². The molecule has 3 heteroatoms. The van der Waals surface area contributed by atoms with Gasteiger partial charge >= 0.3 is 0 Å². The molecular weight excluding hydrogens is 164 g/mol. The third-order valence-electron chi connectivity index (χ3n) is 1.88. The summed E-state index contributed by atoms with van der Waals surface area (Å²) in [7, 11) is 0. The van der Waals surface area contributed by atoms with Crippen LogP contribution < -0.4 is 0 Å². The van der Waals surface area contributed by atoms with Crippen molar-refractivity contribution < 1.29 is 4.52 Å². The largest absolute Gasteiger partial charge is 0.339 e. The van der Waals surface area contributed by atoms with Gasteiger partial charge in [-0.25, -0.2) is 0 Å². The lowest BCUT2D eigenvalue weighted by molar-refractivity contribution is 0.293. The molecule has 0 saturated carbocycles. The zero-order chi connectivity index (χ0) is 10.1. The van der Waals surface area contributed by atoms with Gasteiger partial charge in [-0.05, 0) is 18.8 Å². The van der Waals surface area contributed by atoms with E-state index in [0.717, 1.165) is 18.1 Å². The Morgan fingerprint density at radius 1 is 1.38 bits per heavy atom. The normalized spacial score (nSPS) is 14.5. The maximum absolute atomic E-state index is 5.11. The van der Waals surface area contributed by atoms with E-state index < -0.39 is 0 Å². The van der Waals surface area contributed by atoms with Gasteiger partial charge in [-0.3, -0.25) is 0 Å². The van der Waals surface area contributed by atoms with Crippen molar-refractivity contribution in [3.05, 3.63) is 11.7 Å². The van der Waals surface area contributed by atoms with Crippen molar-refractivity contribution in [2.75, 3.05) is 0 Å². The molecule has 1 heterocycles. The standard InChI is InChI=1S/C10H18N2O/c1-7(6-10(3,4)5)9-11-8(2)12-13-9/h7H,6H2,1-5H3/t7-/m0/s1. The summed E-state index contributed by atoms with van der Waals surface area (Å²) in [5.41, 5.74) is 0.307. The fourth-order valence-corrected chi connectivity index (χ4v) is 1.52. The number of aromatic nitrogens is 2. The van der Waals surface area contributed by atoms with E-state index in [1.54, 1.807) is 0 Å². The summed E-state index contributed by atoms with van der Waals surface area (Å²) < 4.78 is 5.11. The Bertz CT molecular complexity index is 273. The van der Waals surface area contributed by atoms with Gasteiger partial charge in [0.2, 0.25) is 5.89 Å². The summed E-state index contributed by atoms with van der Waals surface area (Å²) in [5, 5.41) is 3.78. The van der Waals surface area contributed by atoms with Crippen molar-refractivity contribution in [1.82, 2.24) is 10.1 Å². The van der Waals surface area contributed by atoms with Crippen LogP contribution in [-0.4, -0.2) is 10.1 Å². The van der Waals surface area contributed by atoms with E-state index in [4.69, 9.17) is 4.52 Å². The Morgan fingerprint density at radius 3 is 2.38 bits per heavy atom. The minimum absolute atomic E-state index is 0.307. The molecule has 0 bridgehead atoms. The van der Waals surface area contributed by atoms with Crippen LogP contribution in [0.15, 0.2) is 4.52 Å². The van der Waals surface area contributed by atoms with Crippen LogP contribution in [0.5, 0.6) is 0 Å². The third-order valence-corrected chi connectivity index (χ3v) is 1.88. The van der Waals surface area contributed by atoms with Crippen LogP contribution in [0.3, 0.4) is 0 Å². The average molecular weight is 182 g/mol. The smallest absolute Gasteiger partial charge is 0.229 e. The molecule has 0 N–H and O–H groups in total. The van der Waals surface area contributed by atoms with E-state index >= 15 is 0 Å². The van der Waals surface area contributed by atoms with Crippen molar-refractivity contribution in [2.24, 2.45) is 5.41 Å². The first kappa shape index (κ1) is 10.2. The molecule has 1 aromatic rings. The molecule has 0 aliphatic carbocycles. The molecule has 1 aromatic heterocycles. The van der Waals surface area contributed by atoms with Gasteiger partial charge in [0.05, 0.1) is 0 Å². The average Bonchev–Trinajstić information content (AvgIpc) is 2.31. The van der Waals surface area contributed by atoms with Crippen molar-refractivity contribution in [2.45, 2.75) is 47.0 Å². The fourth-order valence-electron chi connectivity index (χ4n) is 1.52. The molecule has 74 valence electrons. The molecule has 0 aliphatic rings. The highest BCUT2D eigenvalue weighted by Crippen LogP contribution is 2.29. The van der Waals surface area contributed by atoms with Gasteiger partial charge < -0.3 is 4.52 Å². The Balaban J connectivity index is 2.64. The van der Waals surface area contributed by atoms with E-state index in [0.29, 0.717) is 11.3 Å². The Morgan fingerprint density at radius 2 is 2.00 bits per heavy atom. The first-order valence-electron chi connectivity index (χ1n) is 4.69. The summed E-state index contributed by atoms with van der Waals surface area (Å²) in [6.07, 6.45) is 1.06. The molecule has 0 spiro atoms. The minimum Gasteiger partial charge on any atom is -0.339 e. The highest BCUT2D eigenvalue weighted by Gasteiger charge is 2.20. The topological polar surface area (TPSA) is 38.9 Å². The molecule has 0 fully saturated rings. The van der Waals surface area contributed by atoms with Crippen LogP contribution >= 0.6 is 0 Å². The second kappa shape index (κ2) is 3.48. The maximum Gasteiger partial charge on any atom is 0.229 e. The second-order valence-corrected chi connectivity index (χ2v) is 4.85. The van der Waals surface area contributed by atoms with Gasteiger partial charge in [-0.2, -0.15) is 4.98 Å². The van der Waals surface area contributed by atoms with Crippen LogP contribution in [0, 0.1) is 12.3 Å². The number of hydrogen-bond acceptors (Lipinski definition) is 3. The highest BCUT2D eigenvalue weighted by atomic mass is 16.5. The van der Waals surface area contributed by atoms with Crippen LogP contribution in [0.2, 0.25) is 0 Å². The molecular formula is C10H18N2O. The van der Waals surface area contributed by atoms with Crippen LogP contribution in [0.25, 0.3) is 0 Å². The molecule has 13 heavy (non-hydrogen) atoms. The molecule has 0 aliphatic heterocycles. The summed E-state index contributed by atoms with van der Waals surface area (Å²) >= 11 is 0. The molecule has 1 atom stereocenters. The number of aryl methyl sites for hydroxylation is 1. The van der Waals surface area contributed by atoms with Crippen molar-refractivity contribution in [3.8, 4) is 0 Å². The van der Waals surface area contributed by atoms with Crippen LogP contribution in [-0.2, 0) is 0 Å². The van der Waals surface area contributed by atoms with Crippen molar-refractivity contribution in [3.63, 3.8) is 0 Å².